The Kier molecular flexibility index (Phi) is 5.16. The van der Waals surface area contributed by atoms with Crippen molar-refractivity contribution in [3.8, 4) is 5.75 Å². The smallest absolute Gasteiger partial charge is 0.349 e. The Bertz CT molecular complexity index is 409. The van der Waals surface area contributed by atoms with Crippen molar-refractivity contribution in [3.63, 3.8) is 0 Å². The molecule has 1 heterocycles. The van der Waals surface area contributed by atoms with Crippen LogP contribution in [0.15, 0.2) is 6.07 Å². The van der Waals surface area contributed by atoms with Crippen LogP contribution in [0, 0.1) is 0 Å². The second-order valence-corrected chi connectivity index (χ2v) is 5.76. The molecule has 0 bridgehead atoms. The highest BCUT2D eigenvalue weighted by Crippen LogP contribution is 2.30. The first-order valence-corrected chi connectivity index (χ1v) is 6.75. The molecule has 0 amide bonds. The molecule has 1 aromatic heterocycles. The van der Waals surface area contributed by atoms with Gasteiger partial charge in [0.25, 0.3) is 0 Å². The van der Waals surface area contributed by atoms with Gasteiger partial charge in [0.15, 0.2) is 4.88 Å². The topological polar surface area (TPSA) is 55.8 Å². The molecule has 0 aliphatic rings. The predicted molar refractivity (Wildman–Crippen MR) is 71.9 cm³/mol. The van der Waals surface area contributed by atoms with Gasteiger partial charge in [0, 0.05) is 18.4 Å². The number of methoxy groups -OCH3 is 1. The molecule has 1 aromatic rings. The quantitative estimate of drug-likeness (QED) is 0.828. The molecule has 0 aliphatic heterocycles. The Morgan fingerprint density at radius 1 is 1.50 bits per heavy atom. The van der Waals surface area contributed by atoms with Crippen LogP contribution in [0.3, 0.4) is 0 Å². The summed E-state index contributed by atoms with van der Waals surface area (Å²) in [5, 5.41) is 9.09. The van der Waals surface area contributed by atoms with E-state index in [9.17, 15) is 4.79 Å². The fourth-order valence-corrected chi connectivity index (χ4v) is 2.24. The number of aromatic carboxylic acids is 1. The molecule has 5 heteroatoms. The summed E-state index contributed by atoms with van der Waals surface area (Å²) in [6.07, 6.45) is 1.53. The van der Waals surface area contributed by atoms with Gasteiger partial charge in [-0.15, -0.1) is 11.3 Å². The molecule has 0 atom stereocenters. The molecule has 0 spiro atoms. The Morgan fingerprint density at radius 2 is 2.17 bits per heavy atom. The summed E-state index contributed by atoms with van der Waals surface area (Å²) in [5.41, 5.74) is -0.257. The van der Waals surface area contributed by atoms with E-state index < -0.39 is 5.97 Å². The third kappa shape index (κ3) is 3.99. The molecule has 18 heavy (non-hydrogen) atoms. The Balaban J connectivity index is 2.66. The van der Waals surface area contributed by atoms with E-state index in [1.807, 2.05) is 26.8 Å². The van der Waals surface area contributed by atoms with Crippen molar-refractivity contribution in [2.75, 3.05) is 13.7 Å². The lowest BCUT2D eigenvalue weighted by atomic mass is 10.1. The van der Waals surface area contributed by atoms with Crippen molar-refractivity contribution in [2.45, 2.75) is 39.2 Å². The van der Waals surface area contributed by atoms with E-state index in [0.717, 1.165) is 11.3 Å². The number of thiophene rings is 1. The number of hydrogen-bond donors (Lipinski definition) is 1. The summed E-state index contributed by atoms with van der Waals surface area (Å²) in [7, 11) is 1.66. The van der Waals surface area contributed by atoms with Gasteiger partial charge in [-0.25, -0.2) is 4.79 Å². The van der Waals surface area contributed by atoms with Gasteiger partial charge in [-0.05, 0) is 26.3 Å². The highest BCUT2D eigenvalue weighted by Gasteiger charge is 2.19. The van der Waals surface area contributed by atoms with Crippen LogP contribution in [0.25, 0.3) is 0 Å². The summed E-state index contributed by atoms with van der Waals surface area (Å²) in [5.74, 6) is -0.461. The van der Waals surface area contributed by atoms with E-state index in [4.69, 9.17) is 14.6 Å². The highest BCUT2D eigenvalue weighted by molar-refractivity contribution is 7.14. The van der Waals surface area contributed by atoms with E-state index in [1.54, 1.807) is 7.11 Å². The molecule has 0 aromatic carbocycles. The number of aryl methyl sites for hydroxylation is 1. The van der Waals surface area contributed by atoms with Gasteiger partial charge in [-0.3, -0.25) is 0 Å². The van der Waals surface area contributed by atoms with E-state index >= 15 is 0 Å². The van der Waals surface area contributed by atoms with Gasteiger partial charge in [-0.1, -0.05) is 6.92 Å². The molecular formula is C13H20O4S. The van der Waals surface area contributed by atoms with Crippen molar-refractivity contribution >= 4 is 17.3 Å². The van der Waals surface area contributed by atoms with E-state index in [-0.39, 0.29) is 10.5 Å². The van der Waals surface area contributed by atoms with Crippen LogP contribution in [0.4, 0.5) is 0 Å². The molecular weight excluding hydrogens is 252 g/mol. The number of carboxylic acid groups (broad SMARTS) is 1. The third-order valence-corrected chi connectivity index (χ3v) is 4.05. The third-order valence-electron chi connectivity index (χ3n) is 2.81. The minimum absolute atomic E-state index is 0.257. The van der Waals surface area contributed by atoms with Crippen LogP contribution >= 0.6 is 11.3 Å². The fraction of sp³-hybridized carbons (Fsp3) is 0.615. The van der Waals surface area contributed by atoms with Crippen molar-refractivity contribution < 1.29 is 19.4 Å². The molecule has 4 nitrogen and oxygen atoms in total. The standard InChI is InChI=1S/C13H20O4S/c1-5-9-8-10(11(18-9)12(14)15)17-7-6-13(2,3)16-4/h8H,5-7H2,1-4H3,(H,14,15). The molecule has 102 valence electrons. The average Bonchev–Trinajstić information content (AvgIpc) is 2.72. The molecule has 0 saturated carbocycles. The lowest BCUT2D eigenvalue weighted by Gasteiger charge is -2.22. The van der Waals surface area contributed by atoms with Crippen LogP contribution in [0.5, 0.6) is 5.75 Å². The monoisotopic (exact) mass is 272 g/mol. The predicted octanol–water partition coefficient (Wildman–Crippen LogP) is 3.20. The van der Waals surface area contributed by atoms with E-state index in [1.165, 1.54) is 11.3 Å². The first-order chi connectivity index (χ1) is 8.39. The number of carbonyl (C=O) groups is 1. The second-order valence-electron chi connectivity index (χ2n) is 4.63. The van der Waals surface area contributed by atoms with Crippen molar-refractivity contribution in [2.24, 2.45) is 0 Å². The van der Waals surface area contributed by atoms with Crippen molar-refractivity contribution in [1.29, 1.82) is 0 Å². The number of ether oxygens (including phenoxy) is 2. The summed E-state index contributed by atoms with van der Waals surface area (Å²) in [6, 6.07) is 1.81. The van der Waals surface area contributed by atoms with Gasteiger partial charge in [-0.2, -0.15) is 0 Å². The number of carboxylic acids is 1. The van der Waals surface area contributed by atoms with Crippen molar-refractivity contribution in [3.05, 3.63) is 15.8 Å². The maximum atomic E-state index is 11.1. The van der Waals surface area contributed by atoms with Gasteiger partial charge >= 0.3 is 5.97 Å². The summed E-state index contributed by atoms with van der Waals surface area (Å²) in [6.45, 7) is 6.38. The lowest BCUT2D eigenvalue weighted by molar-refractivity contribution is 0.00542. The summed E-state index contributed by atoms with van der Waals surface area (Å²) >= 11 is 1.28. The maximum absolute atomic E-state index is 11.1. The van der Waals surface area contributed by atoms with E-state index in [0.29, 0.717) is 18.8 Å². The Hall–Kier alpha value is -1.07. The Labute approximate surface area is 112 Å². The van der Waals surface area contributed by atoms with Crippen LogP contribution in [-0.4, -0.2) is 30.4 Å². The summed E-state index contributed by atoms with van der Waals surface area (Å²) < 4.78 is 10.9. The van der Waals surface area contributed by atoms with Crippen LogP contribution in [0.1, 0.15) is 41.7 Å². The minimum Gasteiger partial charge on any atom is -0.492 e. The first-order valence-electron chi connectivity index (χ1n) is 5.93. The van der Waals surface area contributed by atoms with E-state index in [2.05, 4.69) is 0 Å². The highest BCUT2D eigenvalue weighted by atomic mass is 32.1. The van der Waals surface area contributed by atoms with Crippen LogP contribution in [0.2, 0.25) is 0 Å². The minimum atomic E-state index is -0.930. The van der Waals surface area contributed by atoms with Gasteiger partial charge in [0.1, 0.15) is 5.75 Å². The normalized spacial score (nSPS) is 11.6. The molecule has 0 fully saturated rings. The van der Waals surface area contributed by atoms with Gasteiger partial charge in [0.05, 0.1) is 12.2 Å². The maximum Gasteiger partial charge on any atom is 0.349 e. The fourth-order valence-electron chi connectivity index (χ4n) is 1.36. The molecule has 0 radical (unpaired) electrons. The first kappa shape index (κ1) is 15.0. The molecule has 0 aliphatic carbocycles. The molecule has 0 saturated heterocycles. The summed E-state index contributed by atoms with van der Waals surface area (Å²) in [4.78, 5) is 12.4. The number of hydrogen-bond acceptors (Lipinski definition) is 4. The zero-order chi connectivity index (χ0) is 13.8. The zero-order valence-electron chi connectivity index (χ0n) is 11.3. The van der Waals surface area contributed by atoms with Gasteiger partial charge in [0.2, 0.25) is 0 Å². The average molecular weight is 272 g/mol. The Morgan fingerprint density at radius 3 is 2.67 bits per heavy atom. The molecule has 1 N–H and O–H groups in total. The van der Waals surface area contributed by atoms with Crippen molar-refractivity contribution in [1.82, 2.24) is 0 Å². The van der Waals surface area contributed by atoms with Crippen LogP contribution < -0.4 is 4.74 Å². The second kappa shape index (κ2) is 6.20. The van der Waals surface area contributed by atoms with Gasteiger partial charge < -0.3 is 14.6 Å². The largest absolute Gasteiger partial charge is 0.492 e. The zero-order valence-corrected chi connectivity index (χ0v) is 12.1. The lowest BCUT2D eigenvalue weighted by Crippen LogP contribution is -2.25. The van der Waals surface area contributed by atoms with Crippen LogP contribution in [-0.2, 0) is 11.2 Å². The number of rotatable bonds is 7. The SMILES string of the molecule is CCc1cc(OCCC(C)(C)OC)c(C(=O)O)s1. The molecule has 0 unspecified atom stereocenters. The molecule has 1 rings (SSSR count).